The molecule has 1 atom stereocenters. The number of esters is 1. The van der Waals surface area contributed by atoms with Crippen molar-refractivity contribution >= 4 is 14.8 Å². The Morgan fingerprint density at radius 2 is 1.78 bits per heavy atom. The van der Waals surface area contributed by atoms with Crippen molar-refractivity contribution in [3.05, 3.63) is 12.7 Å². The molecular weight excluding hydrogens is 312 g/mol. The van der Waals surface area contributed by atoms with E-state index in [1.165, 1.54) is 38.5 Å². The summed E-state index contributed by atoms with van der Waals surface area (Å²) in [4.78, 5) is 11.0. The van der Waals surface area contributed by atoms with Gasteiger partial charge in [-0.3, -0.25) is 0 Å². The highest BCUT2D eigenvalue weighted by Gasteiger charge is 2.39. The Bertz CT molecular complexity index is 318. The number of hydrogen-bond donors (Lipinski definition) is 0. The quantitative estimate of drug-likeness (QED) is 0.145. The zero-order valence-corrected chi connectivity index (χ0v) is 16.3. The van der Waals surface area contributed by atoms with Gasteiger partial charge in [0.15, 0.2) is 6.79 Å². The van der Waals surface area contributed by atoms with E-state index in [1.54, 1.807) is 14.2 Å². The molecule has 0 saturated carbocycles. The highest BCUT2D eigenvalue weighted by Crippen LogP contribution is 2.23. The molecule has 0 aromatic carbocycles. The number of ether oxygens (including phenoxy) is 1. The van der Waals surface area contributed by atoms with Crippen LogP contribution in [0.2, 0.25) is 6.04 Å². The minimum atomic E-state index is -2.76. The van der Waals surface area contributed by atoms with Gasteiger partial charge in [0.05, 0.1) is 0 Å². The van der Waals surface area contributed by atoms with E-state index in [0.717, 1.165) is 18.5 Å². The van der Waals surface area contributed by atoms with Gasteiger partial charge < -0.3 is 18.0 Å². The van der Waals surface area contributed by atoms with Gasteiger partial charge in [0.1, 0.15) is 0 Å². The van der Waals surface area contributed by atoms with Gasteiger partial charge in [0.25, 0.3) is 0 Å². The third kappa shape index (κ3) is 10.7. The van der Waals surface area contributed by atoms with Crippen LogP contribution in [0.4, 0.5) is 0 Å². The lowest BCUT2D eigenvalue weighted by Crippen LogP contribution is -2.44. The first-order chi connectivity index (χ1) is 11.0. The first kappa shape index (κ1) is 22.3. The largest absolute Gasteiger partial charge is 0.502 e. The zero-order valence-electron chi connectivity index (χ0n) is 15.3. The molecule has 1 unspecified atom stereocenters. The molecule has 0 bridgehead atoms. The molecule has 0 aromatic rings. The molecule has 5 nitrogen and oxygen atoms in total. The molecule has 23 heavy (non-hydrogen) atoms. The average Bonchev–Trinajstić information content (AvgIpc) is 2.57. The fourth-order valence-electron chi connectivity index (χ4n) is 2.38. The normalized spacial score (nSPS) is 12.9. The first-order valence-corrected chi connectivity index (χ1v) is 10.5. The van der Waals surface area contributed by atoms with Crippen molar-refractivity contribution in [1.82, 2.24) is 0 Å². The molecule has 0 spiro atoms. The SMILES string of the molecule is C=CC(=O)OCO[Si](CCC(C)CCCCCCC)(OC)OC. The number of rotatable bonds is 15. The van der Waals surface area contributed by atoms with Gasteiger partial charge in [-0.2, -0.15) is 0 Å². The number of hydrogen-bond acceptors (Lipinski definition) is 5. The van der Waals surface area contributed by atoms with E-state index >= 15 is 0 Å². The number of unbranched alkanes of at least 4 members (excludes halogenated alkanes) is 4. The summed E-state index contributed by atoms with van der Waals surface area (Å²) in [5.41, 5.74) is 0. The average molecular weight is 347 g/mol. The van der Waals surface area contributed by atoms with Crippen LogP contribution in [0.5, 0.6) is 0 Å². The maximum Gasteiger partial charge on any atom is 0.502 e. The standard InChI is InChI=1S/C17H34O5Si/c1-6-8-9-10-11-12-16(3)13-14-23(19-4,20-5)22-15-21-17(18)7-2/h7,16H,2,6,8-15H2,1,3-5H3. The highest BCUT2D eigenvalue weighted by molar-refractivity contribution is 6.60. The van der Waals surface area contributed by atoms with E-state index in [2.05, 4.69) is 20.4 Å². The molecule has 0 aromatic heterocycles. The molecule has 0 saturated heterocycles. The lowest BCUT2D eigenvalue weighted by atomic mass is 10.00. The van der Waals surface area contributed by atoms with E-state index in [-0.39, 0.29) is 6.79 Å². The first-order valence-electron chi connectivity index (χ1n) is 8.57. The summed E-state index contributed by atoms with van der Waals surface area (Å²) in [5, 5.41) is 0. The summed E-state index contributed by atoms with van der Waals surface area (Å²) < 4.78 is 21.4. The predicted molar refractivity (Wildman–Crippen MR) is 94.0 cm³/mol. The van der Waals surface area contributed by atoms with Gasteiger partial charge in [-0.05, 0) is 12.3 Å². The Morgan fingerprint density at radius 1 is 1.13 bits per heavy atom. The molecule has 0 aliphatic carbocycles. The lowest BCUT2D eigenvalue weighted by Gasteiger charge is -2.27. The van der Waals surface area contributed by atoms with Crippen LogP contribution in [-0.2, 0) is 22.8 Å². The van der Waals surface area contributed by atoms with E-state index in [9.17, 15) is 4.79 Å². The summed E-state index contributed by atoms with van der Waals surface area (Å²) in [6.07, 6.45) is 9.82. The molecule has 0 aliphatic rings. The monoisotopic (exact) mass is 346 g/mol. The van der Waals surface area contributed by atoms with E-state index < -0.39 is 14.8 Å². The van der Waals surface area contributed by atoms with Crippen molar-refractivity contribution in [2.45, 2.75) is 64.8 Å². The Morgan fingerprint density at radius 3 is 2.35 bits per heavy atom. The molecule has 0 rings (SSSR count). The van der Waals surface area contributed by atoms with Crippen LogP contribution in [0.1, 0.15) is 58.8 Å². The zero-order chi connectivity index (χ0) is 17.6. The minimum Gasteiger partial charge on any atom is -0.436 e. The van der Waals surface area contributed by atoms with Crippen LogP contribution < -0.4 is 0 Å². The third-order valence-electron chi connectivity index (χ3n) is 4.01. The van der Waals surface area contributed by atoms with Crippen molar-refractivity contribution in [2.75, 3.05) is 21.0 Å². The number of carbonyl (C=O) groups excluding carboxylic acids is 1. The van der Waals surface area contributed by atoms with E-state index in [0.29, 0.717) is 5.92 Å². The molecule has 0 N–H and O–H groups in total. The van der Waals surface area contributed by atoms with E-state index in [4.69, 9.17) is 18.0 Å². The Labute approximate surface area is 142 Å². The van der Waals surface area contributed by atoms with Gasteiger partial charge >= 0.3 is 14.8 Å². The molecule has 0 amide bonds. The van der Waals surface area contributed by atoms with Gasteiger partial charge in [-0.15, -0.1) is 0 Å². The highest BCUT2D eigenvalue weighted by atomic mass is 28.4. The second kappa shape index (κ2) is 13.7. The van der Waals surface area contributed by atoms with Crippen molar-refractivity contribution < 1.29 is 22.8 Å². The maximum absolute atomic E-state index is 11.0. The van der Waals surface area contributed by atoms with Crippen molar-refractivity contribution in [1.29, 1.82) is 0 Å². The Hall–Kier alpha value is -0.693. The van der Waals surface area contributed by atoms with Gasteiger partial charge in [-0.1, -0.05) is 59.0 Å². The van der Waals surface area contributed by atoms with Crippen LogP contribution in [0.3, 0.4) is 0 Å². The molecule has 6 heteroatoms. The van der Waals surface area contributed by atoms with Crippen LogP contribution >= 0.6 is 0 Å². The summed E-state index contributed by atoms with van der Waals surface area (Å²) in [6, 6.07) is 0.724. The van der Waals surface area contributed by atoms with Gasteiger partial charge in [-0.25, -0.2) is 4.79 Å². The molecule has 0 heterocycles. The summed E-state index contributed by atoms with van der Waals surface area (Å²) in [7, 11) is 0.410. The van der Waals surface area contributed by atoms with Crippen molar-refractivity contribution in [3.63, 3.8) is 0 Å². The fourth-order valence-corrected chi connectivity index (χ4v) is 4.42. The second-order valence-electron chi connectivity index (χ2n) is 5.87. The Kier molecular flexibility index (Phi) is 13.3. The lowest BCUT2D eigenvalue weighted by molar-refractivity contribution is -0.146. The molecule has 136 valence electrons. The molecule has 0 radical (unpaired) electrons. The van der Waals surface area contributed by atoms with Crippen LogP contribution in [-0.4, -0.2) is 35.8 Å². The number of carbonyl (C=O) groups is 1. The summed E-state index contributed by atoms with van der Waals surface area (Å²) >= 11 is 0. The fraction of sp³-hybridized carbons (Fsp3) is 0.824. The Balaban J connectivity index is 4.09. The van der Waals surface area contributed by atoms with Crippen LogP contribution in [0.15, 0.2) is 12.7 Å². The maximum atomic E-state index is 11.0. The summed E-state index contributed by atoms with van der Waals surface area (Å²) in [6.45, 7) is 7.66. The molecule has 0 aliphatic heterocycles. The van der Waals surface area contributed by atoms with Crippen LogP contribution in [0.25, 0.3) is 0 Å². The third-order valence-corrected chi connectivity index (χ3v) is 6.72. The second-order valence-corrected chi connectivity index (χ2v) is 8.84. The van der Waals surface area contributed by atoms with Crippen molar-refractivity contribution in [2.24, 2.45) is 5.92 Å². The molecular formula is C17H34O5Si. The molecule has 0 fully saturated rings. The minimum absolute atomic E-state index is 0.163. The predicted octanol–water partition coefficient (Wildman–Crippen LogP) is 4.31. The van der Waals surface area contributed by atoms with E-state index in [1.807, 2.05) is 0 Å². The smallest absolute Gasteiger partial charge is 0.436 e. The van der Waals surface area contributed by atoms with Gasteiger partial charge in [0.2, 0.25) is 0 Å². The van der Waals surface area contributed by atoms with Gasteiger partial charge in [0, 0.05) is 26.3 Å². The topological polar surface area (TPSA) is 54.0 Å². The van der Waals surface area contributed by atoms with Crippen LogP contribution in [0, 0.1) is 5.92 Å². The van der Waals surface area contributed by atoms with Crippen molar-refractivity contribution in [3.8, 4) is 0 Å². The summed E-state index contributed by atoms with van der Waals surface area (Å²) in [5.74, 6) is 0.0914.